The Kier molecular flexibility index (Phi) is 7.58. The smallest absolute Gasteiger partial charge is 0.251 e. The molecule has 1 fully saturated rings. The molecule has 188 valence electrons. The summed E-state index contributed by atoms with van der Waals surface area (Å²) in [6, 6.07) is 23.5. The third kappa shape index (κ3) is 5.67. The van der Waals surface area contributed by atoms with Crippen LogP contribution in [0.4, 0.5) is 4.39 Å². The summed E-state index contributed by atoms with van der Waals surface area (Å²) in [4.78, 5) is 28.7. The number of rotatable bonds is 6. The second kappa shape index (κ2) is 10.7. The van der Waals surface area contributed by atoms with Crippen LogP contribution < -0.4 is 5.32 Å². The van der Waals surface area contributed by atoms with Gasteiger partial charge in [0.2, 0.25) is 5.91 Å². The Morgan fingerprint density at radius 2 is 1.61 bits per heavy atom. The van der Waals surface area contributed by atoms with Crippen molar-refractivity contribution in [2.75, 3.05) is 13.1 Å². The van der Waals surface area contributed by atoms with Gasteiger partial charge in [0, 0.05) is 18.7 Å². The lowest BCUT2D eigenvalue weighted by molar-refractivity contribution is -0.137. The molecule has 0 radical (unpaired) electrons. The van der Waals surface area contributed by atoms with Gasteiger partial charge in [-0.1, -0.05) is 82.3 Å². The van der Waals surface area contributed by atoms with Gasteiger partial charge in [-0.05, 0) is 64.6 Å². The van der Waals surface area contributed by atoms with Gasteiger partial charge in [0.1, 0.15) is 11.9 Å². The number of amides is 2. The SMILES string of the molecule is CC(C)[C@@H](NC(=O)c1cccc(-c2ccccc2)c1)C(=O)N1CCC(c2ccc(F)cc2)C(C)(C)C1. The molecule has 1 aliphatic rings. The molecule has 1 N–H and O–H groups in total. The molecule has 0 spiro atoms. The van der Waals surface area contributed by atoms with Crippen molar-refractivity contribution in [1.29, 1.82) is 0 Å². The van der Waals surface area contributed by atoms with Crippen molar-refractivity contribution in [2.24, 2.45) is 11.3 Å². The van der Waals surface area contributed by atoms with Gasteiger partial charge in [0.25, 0.3) is 5.91 Å². The summed E-state index contributed by atoms with van der Waals surface area (Å²) >= 11 is 0. The van der Waals surface area contributed by atoms with Crippen LogP contribution in [-0.2, 0) is 4.79 Å². The summed E-state index contributed by atoms with van der Waals surface area (Å²) in [5, 5.41) is 3.01. The molecule has 2 amide bonds. The van der Waals surface area contributed by atoms with E-state index in [2.05, 4.69) is 19.2 Å². The van der Waals surface area contributed by atoms with Crippen LogP contribution in [0, 0.1) is 17.2 Å². The zero-order chi connectivity index (χ0) is 25.9. The number of carbonyl (C=O) groups is 2. The Hall–Kier alpha value is -3.47. The molecule has 3 aromatic carbocycles. The number of benzene rings is 3. The van der Waals surface area contributed by atoms with Crippen molar-refractivity contribution < 1.29 is 14.0 Å². The van der Waals surface area contributed by atoms with Crippen LogP contribution in [-0.4, -0.2) is 35.8 Å². The lowest BCUT2D eigenvalue weighted by Gasteiger charge is -2.45. The predicted octanol–water partition coefficient (Wildman–Crippen LogP) is 6.29. The number of hydrogen-bond acceptors (Lipinski definition) is 2. The third-order valence-corrected chi connectivity index (χ3v) is 7.26. The van der Waals surface area contributed by atoms with Crippen LogP contribution in [0.1, 0.15) is 56.0 Å². The molecule has 1 saturated heterocycles. The molecule has 0 aromatic heterocycles. The predicted molar refractivity (Wildman–Crippen MR) is 142 cm³/mol. The van der Waals surface area contributed by atoms with E-state index in [1.165, 1.54) is 12.1 Å². The van der Waals surface area contributed by atoms with E-state index in [4.69, 9.17) is 0 Å². The minimum Gasteiger partial charge on any atom is -0.340 e. The van der Waals surface area contributed by atoms with E-state index in [0.29, 0.717) is 18.7 Å². The first-order chi connectivity index (χ1) is 17.2. The maximum atomic E-state index is 13.6. The number of hydrogen-bond donors (Lipinski definition) is 1. The van der Waals surface area contributed by atoms with Crippen molar-refractivity contribution in [1.82, 2.24) is 10.2 Å². The van der Waals surface area contributed by atoms with E-state index < -0.39 is 6.04 Å². The molecule has 4 rings (SSSR count). The first kappa shape index (κ1) is 25.6. The molecule has 3 aromatic rings. The van der Waals surface area contributed by atoms with Crippen molar-refractivity contribution in [3.63, 3.8) is 0 Å². The minimum atomic E-state index is -0.615. The first-order valence-corrected chi connectivity index (χ1v) is 12.7. The van der Waals surface area contributed by atoms with Gasteiger partial charge in [0.05, 0.1) is 0 Å². The highest BCUT2D eigenvalue weighted by Gasteiger charge is 2.40. The summed E-state index contributed by atoms with van der Waals surface area (Å²) in [5.41, 5.74) is 3.45. The zero-order valence-corrected chi connectivity index (χ0v) is 21.5. The quantitative estimate of drug-likeness (QED) is 0.445. The van der Waals surface area contributed by atoms with Gasteiger partial charge in [-0.25, -0.2) is 4.39 Å². The molecule has 0 bridgehead atoms. The fourth-order valence-electron chi connectivity index (χ4n) is 5.26. The second-order valence-corrected chi connectivity index (χ2v) is 10.8. The third-order valence-electron chi connectivity index (χ3n) is 7.26. The molecule has 1 unspecified atom stereocenters. The minimum absolute atomic E-state index is 0.0526. The topological polar surface area (TPSA) is 49.4 Å². The van der Waals surface area contributed by atoms with E-state index >= 15 is 0 Å². The standard InChI is InChI=1S/C31H35FN2O2/c1-21(2)28(33-29(35)25-12-8-11-24(19-25)22-9-6-5-7-10-22)30(36)34-18-17-27(31(3,4)20-34)23-13-15-26(32)16-14-23/h5-16,19,21,27-28H,17-18,20H2,1-4H3,(H,33,35)/t27?,28-/m1/s1. The lowest BCUT2D eigenvalue weighted by atomic mass is 9.70. The number of likely N-dealkylation sites (tertiary alicyclic amines) is 1. The van der Waals surface area contributed by atoms with Crippen LogP contribution in [0.3, 0.4) is 0 Å². The fourth-order valence-corrected chi connectivity index (χ4v) is 5.26. The molecule has 1 aliphatic heterocycles. The van der Waals surface area contributed by atoms with E-state index in [1.807, 2.05) is 79.4 Å². The maximum Gasteiger partial charge on any atom is 0.251 e. The molecular formula is C31H35FN2O2. The van der Waals surface area contributed by atoms with Crippen molar-refractivity contribution in [3.8, 4) is 11.1 Å². The molecule has 2 atom stereocenters. The monoisotopic (exact) mass is 486 g/mol. The van der Waals surface area contributed by atoms with Crippen LogP contribution in [0.25, 0.3) is 11.1 Å². The van der Waals surface area contributed by atoms with Gasteiger partial charge in [-0.3, -0.25) is 9.59 Å². The van der Waals surface area contributed by atoms with Gasteiger partial charge < -0.3 is 10.2 Å². The van der Waals surface area contributed by atoms with E-state index in [9.17, 15) is 14.0 Å². The van der Waals surface area contributed by atoms with Crippen molar-refractivity contribution in [2.45, 2.75) is 46.1 Å². The molecule has 36 heavy (non-hydrogen) atoms. The molecule has 5 heteroatoms. The Labute approximate surface area is 213 Å². The van der Waals surface area contributed by atoms with E-state index in [-0.39, 0.29) is 34.9 Å². The Morgan fingerprint density at radius 1 is 0.944 bits per heavy atom. The van der Waals surface area contributed by atoms with Gasteiger partial charge >= 0.3 is 0 Å². The zero-order valence-electron chi connectivity index (χ0n) is 21.5. The highest BCUT2D eigenvalue weighted by Crippen LogP contribution is 2.42. The number of piperidine rings is 1. The molecule has 4 nitrogen and oxygen atoms in total. The lowest BCUT2D eigenvalue weighted by Crippen LogP contribution is -2.55. The average Bonchev–Trinajstić information content (AvgIpc) is 2.87. The average molecular weight is 487 g/mol. The van der Waals surface area contributed by atoms with Crippen LogP contribution in [0.5, 0.6) is 0 Å². The van der Waals surface area contributed by atoms with Crippen LogP contribution >= 0.6 is 0 Å². The van der Waals surface area contributed by atoms with Gasteiger partial charge in [0.15, 0.2) is 0 Å². The van der Waals surface area contributed by atoms with E-state index in [1.54, 1.807) is 6.07 Å². The Balaban J connectivity index is 1.47. The van der Waals surface area contributed by atoms with Crippen LogP contribution in [0.2, 0.25) is 0 Å². The number of nitrogens with one attached hydrogen (secondary N) is 1. The highest BCUT2D eigenvalue weighted by atomic mass is 19.1. The maximum absolute atomic E-state index is 13.6. The number of nitrogens with zero attached hydrogens (tertiary/aromatic N) is 1. The number of halogens is 1. The van der Waals surface area contributed by atoms with Gasteiger partial charge in [-0.2, -0.15) is 0 Å². The molecule has 1 heterocycles. The summed E-state index contributed by atoms with van der Waals surface area (Å²) in [5.74, 6) is -0.371. The Morgan fingerprint density at radius 3 is 2.25 bits per heavy atom. The normalized spacial score (nSPS) is 18.1. The van der Waals surface area contributed by atoms with E-state index in [0.717, 1.165) is 23.1 Å². The van der Waals surface area contributed by atoms with Crippen molar-refractivity contribution >= 4 is 11.8 Å². The summed E-state index contributed by atoms with van der Waals surface area (Å²) in [6.07, 6.45) is 0.794. The molecule has 0 aliphatic carbocycles. The largest absolute Gasteiger partial charge is 0.340 e. The molecule has 0 saturated carbocycles. The van der Waals surface area contributed by atoms with Crippen LogP contribution in [0.15, 0.2) is 78.9 Å². The van der Waals surface area contributed by atoms with Crippen molar-refractivity contribution in [3.05, 3.63) is 95.8 Å². The summed E-state index contributed by atoms with van der Waals surface area (Å²) in [6.45, 7) is 9.40. The second-order valence-electron chi connectivity index (χ2n) is 10.8. The summed E-state index contributed by atoms with van der Waals surface area (Å²) < 4.78 is 13.4. The fraction of sp³-hybridized carbons (Fsp3) is 0.355. The highest BCUT2D eigenvalue weighted by molar-refractivity contribution is 5.98. The summed E-state index contributed by atoms with van der Waals surface area (Å²) in [7, 11) is 0. The Bertz CT molecular complexity index is 1200. The molecular weight excluding hydrogens is 451 g/mol. The first-order valence-electron chi connectivity index (χ1n) is 12.7. The number of carbonyl (C=O) groups excluding carboxylic acids is 2. The van der Waals surface area contributed by atoms with Gasteiger partial charge in [-0.15, -0.1) is 0 Å².